The third kappa shape index (κ3) is 3.61. The van der Waals surface area contributed by atoms with Gasteiger partial charge in [0.1, 0.15) is 11.5 Å². The van der Waals surface area contributed by atoms with E-state index in [1.165, 1.54) is 0 Å². The van der Waals surface area contributed by atoms with Crippen molar-refractivity contribution in [3.63, 3.8) is 0 Å². The van der Waals surface area contributed by atoms with E-state index in [1.807, 2.05) is 31.2 Å². The maximum absolute atomic E-state index is 12.6. The molecular weight excluding hydrogens is 399 g/mol. The lowest BCUT2D eigenvalue weighted by Crippen LogP contribution is -2.20. The van der Waals surface area contributed by atoms with Crippen molar-refractivity contribution in [2.24, 2.45) is 0 Å². The molecule has 2 aromatic carbocycles. The van der Waals surface area contributed by atoms with Crippen molar-refractivity contribution in [3.05, 3.63) is 76.0 Å². The molecular formula is C20H16Cl2N4O2. The highest BCUT2D eigenvalue weighted by atomic mass is 35.5. The zero-order valence-corrected chi connectivity index (χ0v) is 16.4. The van der Waals surface area contributed by atoms with Crippen LogP contribution >= 0.6 is 23.2 Å². The minimum Gasteiger partial charge on any atom is -0.356 e. The number of para-hydroxylation sites is 1. The van der Waals surface area contributed by atoms with Crippen LogP contribution in [0, 0.1) is 0 Å². The molecule has 1 atom stereocenters. The maximum Gasteiger partial charge on any atom is 0.231 e. The average molecular weight is 415 g/mol. The highest BCUT2D eigenvalue weighted by Gasteiger charge is 2.18. The molecule has 0 saturated carbocycles. The molecule has 0 saturated heterocycles. The minimum atomic E-state index is -0.218. The molecule has 0 aliphatic carbocycles. The van der Waals surface area contributed by atoms with Crippen molar-refractivity contribution in [2.75, 3.05) is 5.32 Å². The molecule has 8 heteroatoms. The van der Waals surface area contributed by atoms with E-state index in [4.69, 9.17) is 27.7 Å². The fourth-order valence-electron chi connectivity index (χ4n) is 3.09. The summed E-state index contributed by atoms with van der Waals surface area (Å²) >= 11 is 12.4. The Morgan fingerprint density at radius 1 is 1.21 bits per heavy atom. The second-order valence-electron chi connectivity index (χ2n) is 6.35. The van der Waals surface area contributed by atoms with E-state index >= 15 is 0 Å². The highest BCUT2D eigenvalue weighted by molar-refractivity contribution is 6.33. The Bertz CT molecular complexity index is 1150. The van der Waals surface area contributed by atoms with Crippen molar-refractivity contribution < 1.29 is 9.32 Å². The van der Waals surface area contributed by atoms with Crippen LogP contribution in [0.25, 0.3) is 11.0 Å². The molecule has 4 aromatic rings. The lowest BCUT2D eigenvalue weighted by Gasteiger charge is -2.18. The molecule has 0 aliphatic heterocycles. The van der Waals surface area contributed by atoms with Crippen LogP contribution in [0.15, 0.2) is 59.3 Å². The quantitative estimate of drug-likeness (QED) is 0.491. The van der Waals surface area contributed by atoms with Crippen LogP contribution in [0.1, 0.15) is 24.2 Å². The summed E-state index contributed by atoms with van der Waals surface area (Å²) in [7, 11) is 0. The Kier molecular flexibility index (Phi) is 5.07. The summed E-state index contributed by atoms with van der Waals surface area (Å²) in [6, 6.07) is 14.2. The van der Waals surface area contributed by atoms with E-state index in [2.05, 4.69) is 15.6 Å². The van der Waals surface area contributed by atoms with E-state index in [0.29, 0.717) is 27.1 Å². The van der Waals surface area contributed by atoms with Crippen molar-refractivity contribution in [3.8, 4) is 0 Å². The first-order valence-corrected chi connectivity index (χ1v) is 9.40. The number of fused-ring (bicyclic) bond motifs is 1. The Balaban J connectivity index is 1.54. The van der Waals surface area contributed by atoms with Gasteiger partial charge in [-0.15, -0.1) is 0 Å². The molecule has 2 heterocycles. The maximum atomic E-state index is 12.6. The second kappa shape index (κ2) is 7.66. The Morgan fingerprint density at radius 2 is 2.04 bits per heavy atom. The van der Waals surface area contributed by atoms with Gasteiger partial charge in [-0.2, -0.15) is 5.10 Å². The van der Waals surface area contributed by atoms with E-state index in [0.717, 1.165) is 10.9 Å². The number of carbonyl (C=O) groups excluding carboxylic acids is 1. The Labute approximate surface area is 171 Å². The molecule has 0 aliphatic rings. The first kappa shape index (κ1) is 18.5. The van der Waals surface area contributed by atoms with Gasteiger partial charge in [-0.3, -0.25) is 4.79 Å². The number of hydrogen-bond acceptors (Lipinski definition) is 4. The molecule has 1 N–H and O–H groups in total. The lowest BCUT2D eigenvalue weighted by atomic mass is 10.1. The number of nitrogens with zero attached hydrogens (tertiary/aromatic N) is 3. The van der Waals surface area contributed by atoms with E-state index in [1.54, 1.807) is 35.1 Å². The third-order valence-corrected chi connectivity index (χ3v) is 5.07. The molecule has 0 spiro atoms. The molecule has 1 amide bonds. The molecule has 4 rings (SSSR count). The zero-order valence-electron chi connectivity index (χ0n) is 14.9. The van der Waals surface area contributed by atoms with Gasteiger partial charge in [-0.1, -0.05) is 40.5 Å². The number of rotatable bonds is 5. The fraction of sp³-hybridized carbons (Fsp3) is 0.150. The van der Waals surface area contributed by atoms with Gasteiger partial charge >= 0.3 is 0 Å². The van der Waals surface area contributed by atoms with Crippen molar-refractivity contribution in [1.82, 2.24) is 14.9 Å². The van der Waals surface area contributed by atoms with Crippen LogP contribution < -0.4 is 5.32 Å². The van der Waals surface area contributed by atoms with Gasteiger partial charge < -0.3 is 9.84 Å². The number of anilines is 1. The standard InChI is InChI=1S/C20H16Cl2N4O2/c1-12(15-10-13(21)6-7-16(15)22)26-19(8-9-23-26)24-20(27)11-17-14-4-2-3-5-18(14)28-25-17/h2-10,12H,11H2,1H3,(H,24,27)/t12-/m0/s1. The van der Waals surface area contributed by atoms with Crippen LogP contribution in [-0.4, -0.2) is 20.8 Å². The number of nitrogens with one attached hydrogen (secondary N) is 1. The number of hydrogen-bond donors (Lipinski definition) is 1. The summed E-state index contributed by atoms with van der Waals surface area (Å²) < 4.78 is 6.95. The number of amides is 1. The van der Waals surface area contributed by atoms with Crippen LogP contribution in [-0.2, 0) is 11.2 Å². The summed E-state index contributed by atoms with van der Waals surface area (Å²) in [5.74, 6) is 0.339. The normalized spacial score (nSPS) is 12.2. The van der Waals surface area contributed by atoms with Crippen molar-refractivity contribution in [1.29, 1.82) is 0 Å². The molecule has 0 bridgehead atoms. The minimum absolute atomic E-state index is 0.0918. The van der Waals surface area contributed by atoms with Crippen LogP contribution in [0.3, 0.4) is 0 Å². The number of aromatic nitrogens is 3. The number of halogens is 2. The Morgan fingerprint density at radius 3 is 2.89 bits per heavy atom. The molecule has 0 fully saturated rings. The van der Waals surface area contributed by atoms with Gasteiger partial charge in [0.15, 0.2) is 5.58 Å². The molecule has 0 radical (unpaired) electrons. The smallest absolute Gasteiger partial charge is 0.231 e. The summed E-state index contributed by atoms with van der Waals surface area (Å²) in [4.78, 5) is 12.6. The van der Waals surface area contributed by atoms with E-state index in [9.17, 15) is 4.79 Å². The van der Waals surface area contributed by atoms with Gasteiger partial charge in [0.05, 0.1) is 18.7 Å². The molecule has 2 aromatic heterocycles. The van der Waals surface area contributed by atoms with E-state index in [-0.39, 0.29) is 18.4 Å². The van der Waals surface area contributed by atoms with Gasteiger partial charge in [-0.25, -0.2) is 4.68 Å². The largest absolute Gasteiger partial charge is 0.356 e. The summed E-state index contributed by atoms with van der Waals surface area (Å²) in [5.41, 5.74) is 2.06. The lowest BCUT2D eigenvalue weighted by molar-refractivity contribution is -0.115. The van der Waals surface area contributed by atoms with Crippen molar-refractivity contribution in [2.45, 2.75) is 19.4 Å². The first-order chi connectivity index (χ1) is 13.5. The fourth-order valence-corrected chi connectivity index (χ4v) is 3.55. The number of benzene rings is 2. The predicted octanol–water partition coefficient (Wildman–Crippen LogP) is 5.12. The molecule has 28 heavy (non-hydrogen) atoms. The topological polar surface area (TPSA) is 73.0 Å². The van der Waals surface area contributed by atoms with Crippen LogP contribution in [0.4, 0.5) is 5.82 Å². The monoisotopic (exact) mass is 414 g/mol. The van der Waals surface area contributed by atoms with Crippen molar-refractivity contribution >= 4 is 45.9 Å². The van der Waals surface area contributed by atoms with Gasteiger partial charge in [0.25, 0.3) is 0 Å². The molecule has 6 nitrogen and oxygen atoms in total. The number of carbonyl (C=O) groups is 1. The van der Waals surface area contributed by atoms with Crippen LogP contribution in [0.2, 0.25) is 10.0 Å². The summed E-state index contributed by atoms with van der Waals surface area (Å²) in [6.07, 6.45) is 1.71. The first-order valence-electron chi connectivity index (χ1n) is 8.64. The highest BCUT2D eigenvalue weighted by Crippen LogP contribution is 2.30. The summed E-state index contributed by atoms with van der Waals surface area (Å²) in [6.45, 7) is 1.94. The zero-order chi connectivity index (χ0) is 19.7. The average Bonchev–Trinajstić information content (AvgIpc) is 3.30. The van der Waals surface area contributed by atoms with Gasteiger partial charge in [0.2, 0.25) is 5.91 Å². The summed E-state index contributed by atoms with van der Waals surface area (Å²) in [5, 5.41) is 13.2. The van der Waals surface area contributed by atoms with E-state index < -0.39 is 0 Å². The molecule has 142 valence electrons. The SMILES string of the molecule is C[C@@H](c1cc(Cl)ccc1Cl)n1nccc1NC(=O)Cc1noc2ccccc12. The van der Waals surface area contributed by atoms with Crippen LogP contribution in [0.5, 0.6) is 0 Å². The second-order valence-corrected chi connectivity index (χ2v) is 7.20. The Hall–Kier alpha value is -2.83. The predicted molar refractivity (Wildman–Crippen MR) is 109 cm³/mol. The van der Waals surface area contributed by atoms with Gasteiger partial charge in [-0.05, 0) is 42.8 Å². The molecule has 0 unspecified atom stereocenters. The van der Waals surface area contributed by atoms with Gasteiger partial charge in [0, 0.05) is 21.5 Å². The third-order valence-electron chi connectivity index (χ3n) is 4.49.